The van der Waals surface area contributed by atoms with E-state index < -0.39 is 24.1 Å². The zero-order chi connectivity index (χ0) is 21.5. The van der Waals surface area contributed by atoms with Gasteiger partial charge in [0, 0.05) is 5.57 Å². The molecule has 1 aliphatic heterocycles. The van der Waals surface area contributed by atoms with Gasteiger partial charge in [0.25, 0.3) is 0 Å². The molecule has 156 valence electrons. The van der Waals surface area contributed by atoms with Crippen molar-refractivity contribution in [2.75, 3.05) is 0 Å². The highest BCUT2D eigenvalue weighted by molar-refractivity contribution is 5.95. The number of ketones is 1. The molecule has 0 aromatic heterocycles. The summed E-state index contributed by atoms with van der Waals surface area (Å²) in [6.07, 6.45) is 0.167. The van der Waals surface area contributed by atoms with Gasteiger partial charge >= 0.3 is 12.1 Å². The van der Waals surface area contributed by atoms with E-state index in [-0.39, 0.29) is 24.6 Å². The third-order valence-electron chi connectivity index (χ3n) is 5.15. The Kier molecular flexibility index (Phi) is 7.01. The minimum Gasteiger partial charge on any atom is -0.459 e. The Morgan fingerprint density at radius 3 is 1.90 bits per heavy atom. The summed E-state index contributed by atoms with van der Waals surface area (Å²) in [5.41, 5.74) is 1.96. The third-order valence-corrected chi connectivity index (χ3v) is 5.15. The summed E-state index contributed by atoms with van der Waals surface area (Å²) in [4.78, 5) is 38.8. The summed E-state index contributed by atoms with van der Waals surface area (Å²) in [6, 6.07) is 17.2. The van der Waals surface area contributed by atoms with E-state index in [1.165, 1.54) is 11.8 Å². The molecule has 0 radical (unpaired) electrons. The highest BCUT2D eigenvalue weighted by Gasteiger charge is 2.44. The van der Waals surface area contributed by atoms with Gasteiger partial charge in [0.05, 0.1) is 6.04 Å². The van der Waals surface area contributed by atoms with Crippen LogP contribution in [0.15, 0.2) is 72.8 Å². The lowest BCUT2D eigenvalue weighted by atomic mass is 10.0. The van der Waals surface area contributed by atoms with Crippen LogP contribution in [0.1, 0.15) is 30.9 Å². The molecule has 0 aliphatic carbocycles. The zero-order valence-corrected chi connectivity index (χ0v) is 17.0. The van der Waals surface area contributed by atoms with Crippen molar-refractivity contribution in [2.45, 2.75) is 45.1 Å². The number of carbonyl (C=O) groups is 3. The van der Waals surface area contributed by atoms with E-state index >= 15 is 0 Å². The topological polar surface area (TPSA) is 72.9 Å². The Labute approximate surface area is 176 Å². The maximum absolute atomic E-state index is 12.9. The Hall–Kier alpha value is -3.41. The molecule has 2 aromatic carbocycles. The largest absolute Gasteiger partial charge is 0.459 e. The number of hydrogen-bond donors (Lipinski definition) is 0. The van der Waals surface area contributed by atoms with Crippen molar-refractivity contribution in [1.29, 1.82) is 0 Å². The minimum absolute atomic E-state index is 0.0707. The van der Waals surface area contributed by atoms with Gasteiger partial charge in [-0.2, -0.15) is 0 Å². The zero-order valence-electron chi connectivity index (χ0n) is 17.0. The molecule has 2 aromatic rings. The molecule has 6 nitrogen and oxygen atoms in total. The van der Waals surface area contributed by atoms with E-state index in [9.17, 15) is 14.4 Å². The van der Waals surface area contributed by atoms with Gasteiger partial charge in [-0.25, -0.2) is 9.59 Å². The van der Waals surface area contributed by atoms with Crippen LogP contribution in [0.25, 0.3) is 0 Å². The van der Waals surface area contributed by atoms with Crippen molar-refractivity contribution in [2.24, 2.45) is 0 Å². The molecule has 6 heteroatoms. The number of Topliss-reactive ketones (excluding diaryl/α,β-unsaturated/α-hetero) is 1. The molecule has 1 heterocycles. The fourth-order valence-electron chi connectivity index (χ4n) is 3.49. The second-order valence-corrected chi connectivity index (χ2v) is 7.23. The number of likely N-dealkylation sites (tertiary alicyclic amines) is 1. The monoisotopic (exact) mass is 407 g/mol. The van der Waals surface area contributed by atoms with Crippen molar-refractivity contribution in [3.8, 4) is 0 Å². The summed E-state index contributed by atoms with van der Waals surface area (Å²) < 4.78 is 10.9. The molecule has 0 bridgehead atoms. The molecule has 0 spiro atoms. The molecule has 2 atom stereocenters. The Morgan fingerprint density at radius 2 is 1.37 bits per heavy atom. The summed E-state index contributed by atoms with van der Waals surface area (Å²) in [7, 11) is 0. The van der Waals surface area contributed by atoms with Gasteiger partial charge in [0.2, 0.25) is 0 Å². The maximum Gasteiger partial charge on any atom is 0.411 e. The number of esters is 1. The SMILES string of the molecule is C=C(C(C)=O)[C@@H]1CC[C@@H](C(=O)OCc2ccccc2)N1C(=O)OCc1ccccc1. The number of rotatable bonds is 7. The first kappa shape index (κ1) is 21.3. The normalized spacial score (nSPS) is 18.0. The van der Waals surface area contributed by atoms with Crippen LogP contribution in [0.3, 0.4) is 0 Å². The van der Waals surface area contributed by atoms with E-state index in [1.54, 1.807) is 0 Å². The number of nitrogens with zero attached hydrogens (tertiary/aromatic N) is 1. The number of hydrogen-bond acceptors (Lipinski definition) is 5. The van der Waals surface area contributed by atoms with Crippen molar-refractivity contribution in [3.05, 3.63) is 83.9 Å². The van der Waals surface area contributed by atoms with E-state index in [0.29, 0.717) is 12.8 Å². The fourth-order valence-corrected chi connectivity index (χ4v) is 3.49. The van der Waals surface area contributed by atoms with Crippen LogP contribution in [0.2, 0.25) is 0 Å². The molecular formula is C24H25NO5. The summed E-state index contributed by atoms with van der Waals surface area (Å²) in [6.45, 7) is 5.41. The van der Waals surface area contributed by atoms with Gasteiger partial charge in [-0.15, -0.1) is 0 Å². The van der Waals surface area contributed by atoms with Crippen LogP contribution < -0.4 is 0 Å². The van der Waals surface area contributed by atoms with Crippen molar-refractivity contribution in [3.63, 3.8) is 0 Å². The quantitative estimate of drug-likeness (QED) is 0.512. The van der Waals surface area contributed by atoms with Gasteiger partial charge in [0.15, 0.2) is 5.78 Å². The summed E-state index contributed by atoms with van der Waals surface area (Å²) in [5, 5.41) is 0. The van der Waals surface area contributed by atoms with Gasteiger partial charge < -0.3 is 9.47 Å². The lowest BCUT2D eigenvalue weighted by Gasteiger charge is -2.29. The van der Waals surface area contributed by atoms with Crippen LogP contribution in [0.5, 0.6) is 0 Å². The lowest BCUT2D eigenvalue weighted by molar-refractivity contribution is -0.150. The highest BCUT2D eigenvalue weighted by Crippen LogP contribution is 2.31. The summed E-state index contributed by atoms with van der Waals surface area (Å²) in [5.74, 6) is -0.742. The van der Waals surface area contributed by atoms with Crippen molar-refractivity contribution >= 4 is 17.8 Å². The van der Waals surface area contributed by atoms with Crippen LogP contribution in [0.4, 0.5) is 4.79 Å². The molecule has 3 rings (SSSR count). The molecule has 0 saturated carbocycles. The number of ether oxygens (including phenoxy) is 2. The second-order valence-electron chi connectivity index (χ2n) is 7.23. The van der Waals surface area contributed by atoms with Gasteiger partial charge in [-0.05, 0) is 30.9 Å². The minimum atomic E-state index is -0.821. The first-order valence-electron chi connectivity index (χ1n) is 9.86. The van der Waals surface area contributed by atoms with E-state index in [4.69, 9.17) is 9.47 Å². The predicted molar refractivity (Wildman–Crippen MR) is 111 cm³/mol. The fraction of sp³-hybridized carbons (Fsp3) is 0.292. The lowest BCUT2D eigenvalue weighted by Crippen LogP contribution is -2.47. The third kappa shape index (κ3) is 5.14. The Bertz CT molecular complexity index is 910. The first-order valence-corrected chi connectivity index (χ1v) is 9.86. The van der Waals surface area contributed by atoms with E-state index in [0.717, 1.165) is 11.1 Å². The van der Waals surface area contributed by atoms with Crippen LogP contribution in [-0.2, 0) is 32.3 Å². The Balaban J connectivity index is 1.71. The van der Waals surface area contributed by atoms with Gasteiger partial charge in [-0.1, -0.05) is 67.2 Å². The average Bonchev–Trinajstić information content (AvgIpc) is 3.22. The highest BCUT2D eigenvalue weighted by atomic mass is 16.6. The second kappa shape index (κ2) is 9.87. The molecule has 1 fully saturated rings. The molecular weight excluding hydrogens is 382 g/mol. The molecule has 1 aliphatic rings. The van der Waals surface area contributed by atoms with Crippen LogP contribution in [-0.4, -0.2) is 34.8 Å². The van der Waals surface area contributed by atoms with Crippen molar-refractivity contribution in [1.82, 2.24) is 4.90 Å². The molecule has 1 saturated heterocycles. The maximum atomic E-state index is 12.9. The van der Waals surface area contributed by atoms with Crippen LogP contribution >= 0.6 is 0 Å². The molecule has 0 unspecified atom stereocenters. The van der Waals surface area contributed by atoms with Crippen molar-refractivity contribution < 1.29 is 23.9 Å². The Morgan fingerprint density at radius 1 is 0.867 bits per heavy atom. The van der Waals surface area contributed by atoms with Gasteiger partial charge in [0.1, 0.15) is 19.3 Å². The number of amides is 1. The first-order chi connectivity index (χ1) is 14.5. The number of carbonyl (C=O) groups excluding carboxylic acids is 3. The van der Waals surface area contributed by atoms with E-state index in [1.807, 2.05) is 60.7 Å². The predicted octanol–water partition coefficient (Wildman–Crippen LogP) is 4.04. The number of benzene rings is 2. The molecule has 1 amide bonds. The molecule has 30 heavy (non-hydrogen) atoms. The van der Waals surface area contributed by atoms with E-state index in [2.05, 4.69) is 6.58 Å². The summed E-state index contributed by atoms with van der Waals surface area (Å²) >= 11 is 0. The smallest absolute Gasteiger partial charge is 0.411 e. The average molecular weight is 407 g/mol. The van der Waals surface area contributed by atoms with Gasteiger partial charge in [-0.3, -0.25) is 9.69 Å². The molecule has 0 N–H and O–H groups in total. The van der Waals surface area contributed by atoms with Crippen LogP contribution in [0, 0.1) is 0 Å². The standard InChI is InChI=1S/C24H25NO5/c1-17(18(2)26)21-13-14-22(23(27)29-15-19-9-5-3-6-10-19)25(21)24(28)30-16-20-11-7-4-8-12-20/h3-12,21-22H,1,13-16H2,2H3/t21-,22-/m0/s1.